The first-order valence-electron chi connectivity index (χ1n) is 6.19. The summed E-state index contributed by atoms with van der Waals surface area (Å²) in [5.41, 5.74) is 0.746. The molecule has 0 unspecified atom stereocenters. The fourth-order valence-electron chi connectivity index (χ4n) is 1.50. The Morgan fingerprint density at radius 1 is 1.45 bits per heavy atom. The van der Waals surface area contributed by atoms with Crippen LogP contribution in [0.5, 0.6) is 0 Å². The van der Waals surface area contributed by atoms with Crippen LogP contribution in [0.15, 0.2) is 18.2 Å². The van der Waals surface area contributed by atoms with Gasteiger partial charge in [0.15, 0.2) is 0 Å². The van der Waals surface area contributed by atoms with Crippen LogP contribution in [0, 0.1) is 21.4 Å². The van der Waals surface area contributed by atoms with Gasteiger partial charge < -0.3 is 15.0 Å². The lowest BCUT2D eigenvalue weighted by Gasteiger charge is -2.11. The van der Waals surface area contributed by atoms with Crippen LogP contribution in [0.1, 0.15) is 5.56 Å². The number of hydrogen-bond donors (Lipinski definition) is 1. The molecule has 7 heteroatoms. The van der Waals surface area contributed by atoms with Gasteiger partial charge in [-0.25, -0.2) is 0 Å². The molecule has 0 bridgehead atoms. The van der Waals surface area contributed by atoms with Crippen molar-refractivity contribution in [3.63, 3.8) is 0 Å². The van der Waals surface area contributed by atoms with Gasteiger partial charge in [-0.05, 0) is 20.2 Å². The molecule has 0 heterocycles. The van der Waals surface area contributed by atoms with Crippen molar-refractivity contribution in [2.75, 3.05) is 45.7 Å². The van der Waals surface area contributed by atoms with E-state index in [-0.39, 0.29) is 11.3 Å². The van der Waals surface area contributed by atoms with Crippen LogP contribution in [-0.2, 0) is 4.74 Å². The van der Waals surface area contributed by atoms with E-state index in [0.29, 0.717) is 25.4 Å². The van der Waals surface area contributed by atoms with Gasteiger partial charge in [-0.1, -0.05) is 0 Å². The van der Waals surface area contributed by atoms with Crippen molar-refractivity contribution < 1.29 is 9.66 Å². The van der Waals surface area contributed by atoms with E-state index < -0.39 is 4.92 Å². The molecule has 0 radical (unpaired) electrons. The highest BCUT2D eigenvalue weighted by molar-refractivity contribution is 5.61. The number of nitrogens with zero attached hydrogens (tertiary/aromatic N) is 3. The van der Waals surface area contributed by atoms with E-state index in [0.717, 1.165) is 6.54 Å². The number of nitro benzene ring substituents is 1. The molecule has 0 amide bonds. The zero-order chi connectivity index (χ0) is 15.0. The predicted octanol–water partition coefficient (Wildman–Crippen LogP) is 1.46. The molecule has 0 aliphatic heterocycles. The largest absolute Gasteiger partial charge is 0.382 e. The number of nitro groups is 1. The average Bonchev–Trinajstić information content (AvgIpc) is 2.42. The van der Waals surface area contributed by atoms with E-state index in [1.54, 1.807) is 0 Å². The quantitative estimate of drug-likeness (QED) is 0.439. The molecular weight excluding hydrogens is 260 g/mol. The maximum atomic E-state index is 10.6. The Hall–Kier alpha value is -2.17. The minimum absolute atomic E-state index is 0.0886. The normalized spacial score (nSPS) is 10.3. The molecule has 1 rings (SSSR count). The highest BCUT2D eigenvalue weighted by atomic mass is 16.6. The van der Waals surface area contributed by atoms with E-state index in [1.165, 1.54) is 18.2 Å². The van der Waals surface area contributed by atoms with Crippen LogP contribution in [0.3, 0.4) is 0 Å². The second-order valence-electron chi connectivity index (χ2n) is 4.44. The first kappa shape index (κ1) is 15.9. The van der Waals surface area contributed by atoms with Crippen molar-refractivity contribution in [2.45, 2.75) is 0 Å². The van der Waals surface area contributed by atoms with E-state index in [4.69, 9.17) is 10.00 Å². The summed E-state index contributed by atoms with van der Waals surface area (Å²) < 4.78 is 5.41. The number of rotatable bonds is 8. The summed E-state index contributed by atoms with van der Waals surface area (Å²) in [5, 5.41) is 22.6. The number of ether oxygens (including phenoxy) is 1. The number of nitrogens with one attached hydrogen (secondary N) is 1. The Kier molecular flexibility index (Phi) is 6.43. The average molecular weight is 278 g/mol. The number of likely N-dealkylation sites (N-methyl/N-ethyl adjacent to an activating group) is 1. The molecular formula is C13H18N4O3. The molecule has 1 N–H and O–H groups in total. The summed E-state index contributed by atoms with van der Waals surface area (Å²) in [6, 6.07) is 6.11. The lowest BCUT2D eigenvalue weighted by molar-refractivity contribution is -0.384. The minimum Gasteiger partial charge on any atom is -0.382 e. The molecule has 1 aromatic carbocycles. The first-order chi connectivity index (χ1) is 9.54. The molecule has 20 heavy (non-hydrogen) atoms. The van der Waals surface area contributed by atoms with Crippen LogP contribution in [0.25, 0.3) is 0 Å². The summed E-state index contributed by atoms with van der Waals surface area (Å²) in [5.74, 6) is 0. The van der Waals surface area contributed by atoms with Crippen LogP contribution >= 0.6 is 0 Å². The van der Waals surface area contributed by atoms with Gasteiger partial charge in [-0.15, -0.1) is 0 Å². The Balaban J connectivity index is 2.44. The van der Waals surface area contributed by atoms with E-state index in [1.807, 2.05) is 25.1 Å². The summed E-state index contributed by atoms with van der Waals surface area (Å²) in [4.78, 5) is 12.1. The zero-order valence-electron chi connectivity index (χ0n) is 11.6. The van der Waals surface area contributed by atoms with Gasteiger partial charge in [0.1, 0.15) is 6.07 Å². The third kappa shape index (κ3) is 5.22. The number of anilines is 1. The molecule has 0 aromatic heterocycles. The van der Waals surface area contributed by atoms with Crippen molar-refractivity contribution in [3.8, 4) is 6.07 Å². The fourth-order valence-corrected chi connectivity index (χ4v) is 1.50. The summed E-state index contributed by atoms with van der Waals surface area (Å²) in [6.07, 6.45) is 0. The SMILES string of the molecule is CN(C)CCOCCNc1ccc([N+](=O)[O-])cc1C#N. The highest BCUT2D eigenvalue weighted by Gasteiger charge is 2.10. The van der Waals surface area contributed by atoms with E-state index in [2.05, 4.69) is 5.32 Å². The monoisotopic (exact) mass is 278 g/mol. The molecule has 0 fully saturated rings. The van der Waals surface area contributed by atoms with Crippen LogP contribution in [0.2, 0.25) is 0 Å². The highest BCUT2D eigenvalue weighted by Crippen LogP contribution is 2.21. The molecule has 1 aromatic rings. The van der Waals surface area contributed by atoms with Crippen molar-refractivity contribution >= 4 is 11.4 Å². The smallest absolute Gasteiger partial charge is 0.270 e. The first-order valence-corrected chi connectivity index (χ1v) is 6.19. The number of benzene rings is 1. The maximum absolute atomic E-state index is 10.6. The molecule has 108 valence electrons. The molecule has 0 saturated carbocycles. The lowest BCUT2D eigenvalue weighted by Crippen LogP contribution is -2.20. The molecule has 7 nitrogen and oxygen atoms in total. The minimum atomic E-state index is -0.519. The van der Waals surface area contributed by atoms with Gasteiger partial charge >= 0.3 is 0 Å². The summed E-state index contributed by atoms with van der Waals surface area (Å²) in [6.45, 7) is 2.54. The third-order valence-electron chi connectivity index (χ3n) is 2.58. The van der Waals surface area contributed by atoms with E-state index in [9.17, 15) is 10.1 Å². The van der Waals surface area contributed by atoms with E-state index >= 15 is 0 Å². The Morgan fingerprint density at radius 3 is 2.80 bits per heavy atom. The van der Waals surface area contributed by atoms with Gasteiger partial charge in [-0.3, -0.25) is 10.1 Å². The van der Waals surface area contributed by atoms with Crippen LogP contribution in [-0.4, -0.2) is 50.2 Å². The lowest BCUT2D eigenvalue weighted by atomic mass is 10.1. The van der Waals surface area contributed by atoms with Gasteiger partial charge in [-0.2, -0.15) is 5.26 Å². The summed E-state index contributed by atoms with van der Waals surface area (Å²) >= 11 is 0. The van der Waals surface area contributed by atoms with Gasteiger partial charge in [0.2, 0.25) is 0 Å². The molecule has 0 spiro atoms. The Morgan fingerprint density at radius 2 is 2.20 bits per heavy atom. The predicted molar refractivity (Wildman–Crippen MR) is 75.7 cm³/mol. The maximum Gasteiger partial charge on any atom is 0.270 e. The Bertz CT molecular complexity index is 497. The topological polar surface area (TPSA) is 91.4 Å². The van der Waals surface area contributed by atoms with Crippen molar-refractivity contribution in [2.24, 2.45) is 0 Å². The van der Waals surface area contributed by atoms with Crippen molar-refractivity contribution in [1.82, 2.24) is 4.90 Å². The van der Waals surface area contributed by atoms with Gasteiger partial charge in [0, 0.05) is 25.2 Å². The summed E-state index contributed by atoms with van der Waals surface area (Å²) in [7, 11) is 3.94. The second-order valence-corrected chi connectivity index (χ2v) is 4.44. The molecule has 0 aliphatic carbocycles. The molecule has 0 aliphatic rings. The van der Waals surface area contributed by atoms with Crippen LogP contribution < -0.4 is 5.32 Å². The third-order valence-corrected chi connectivity index (χ3v) is 2.58. The van der Waals surface area contributed by atoms with Crippen LogP contribution in [0.4, 0.5) is 11.4 Å². The Labute approximate surface area is 117 Å². The number of non-ortho nitro benzene ring substituents is 1. The molecule has 0 atom stereocenters. The van der Waals surface area contributed by atoms with Crippen molar-refractivity contribution in [1.29, 1.82) is 5.26 Å². The number of nitriles is 1. The zero-order valence-corrected chi connectivity index (χ0v) is 11.6. The van der Waals surface area contributed by atoms with Crippen molar-refractivity contribution in [3.05, 3.63) is 33.9 Å². The molecule has 0 saturated heterocycles. The standard InChI is InChI=1S/C13H18N4O3/c1-16(2)6-8-20-7-5-15-13-4-3-12(17(18)19)9-11(13)10-14/h3-4,9,15H,5-8H2,1-2H3. The number of hydrogen-bond acceptors (Lipinski definition) is 6. The second kappa shape index (κ2) is 8.09. The van der Waals surface area contributed by atoms with Gasteiger partial charge in [0.25, 0.3) is 5.69 Å². The van der Waals surface area contributed by atoms with Gasteiger partial charge in [0.05, 0.1) is 29.4 Å². The fraction of sp³-hybridized carbons (Fsp3) is 0.462.